The van der Waals surface area contributed by atoms with E-state index in [4.69, 9.17) is 4.74 Å². The van der Waals surface area contributed by atoms with Crippen molar-refractivity contribution in [3.8, 4) is 0 Å². The number of nitrogens with zero attached hydrogens (tertiary/aromatic N) is 2. The quantitative estimate of drug-likeness (QED) is 0.300. The molecule has 5 nitrogen and oxygen atoms in total. The Kier molecular flexibility index (Phi) is 6.70. The molecular formula is C15H12BrF4N3O2S. The molecule has 0 unspecified atom stereocenters. The number of alkyl halides is 3. The molecule has 0 spiro atoms. The van der Waals surface area contributed by atoms with Crippen molar-refractivity contribution < 1.29 is 27.1 Å². The number of halogens is 5. The molecule has 0 atom stereocenters. The first-order valence-corrected chi connectivity index (χ1v) is 8.84. The summed E-state index contributed by atoms with van der Waals surface area (Å²) in [7, 11) is 0. The smallest absolute Gasteiger partial charge is 0.417 e. The number of benzene rings is 1. The summed E-state index contributed by atoms with van der Waals surface area (Å²) >= 11 is 3.89. The van der Waals surface area contributed by atoms with E-state index in [0.29, 0.717) is 16.9 Å². The van der Waals surface area contributed by atoms with Gasteiger partial charge in [0.15, 0.2) is 0 Å². The number of anilines is 1. The molecule has 1 N–H and O–H groups in total. The molecule has 0 aliphatic heterocycles. The molecule has 140 valence electrons. The monoisotopic (exact) mass is 453 g/mol. The van der Waals surface area contributed by atoms with Crippen molar-refractivity contribution >= 4 is 44.6 Å². The maximum absolute atomic E-state index is 13.8. The second kappa shape index (κ2) is 8.58. The number of aromatic nitrogens is 1. The Morgan fingerprint density at radius 1 is 1.46 bits per heavy atom. The largest absolute Gasteiger partial charge is 0.466 e. The number of rotatable bonds is 6. The van der Waals surface area contributed by atoms with Crippen LogP contribution in [0.4, 0.5) is 22.7 Å². The summed E-state index contributed by atoms with van der Waals surface area (Å²) in [5.41, 5.74) is 1.58. The Bertz CT molecular complexity index is 824. The van der Waals surface area contributed by atoms with Crippen molar-refractivity contribution in [2.24, 2.45) is 5.10 Å². The number of carbonyl (C=O) groups excluding carboxylic acids is 1. The Morgan fingerprint density at radius 3 is 2.85 bits per heavy atom. The van der Waals surface area contributed by atoms with Gasteiger partial charge in [0.05, 0.1) is 30.5 Å². The third-order valence-electron chi connectivity index (χ3n) is 2.97. The van der Waals surface area contributed by atoms with Crippen LogP contribution in [0.15, 0.2) is 27.1 Å². The molecule has 1 aromatic heterocycles. The zero-order valence-corrected chi connectivity index (χ0v) is 15.6. The average molecular weight is 454 g/mol. The van der Waals surface area contributed by atoms with E-state index in [2.05, 4.69) is 31.4 Å². The molecule has 0 saturated carbocycles. The minimum atomic E-state index is -4.63. The number of hydrazone groups is 1. The lowest BCUT2D eigenvalue weighted by Crippen LogP contribution is -2.09. The van der Waals surface area contributed by atoms with Crippen LogP contribution in [-0.2, 0) is 22.1 Å². The highest BCUT2D eigenvalue weighted by molar-refractivity contribution is 9.10. The molecule has 26 heavy (non-hydrogen) atoms. The Morgan fingerprint density at radius 2 is 2.19 bits per heavy atom. The fourth-order valence-corrected chi connectivity index (χ4v) is 3.17. The van der Waals surface area contributed by atoms with Gasteiger partial charge >= 0.3 is 12.1 Å². The summed E-state index contributed by atoms with van der Waals surface area (Å²) in [6, 6.07) is 1.36. The minimum absolute atomic E-state index is 0.0104. The van der Waals surface area contributed by atoms with Gasteiger partial charge in [0.2, 0.25) is 5.13 Å². The van der Waals surface area contributed by atoms with Crippen LogP contribution in [0, 0.1) is 5.82 Å². The molecule has 0 aliphatic rings. The lowest BCUT2D eigenvalue weighted by atomic mass is 10.1. The first-order valence-electron chi connectivity index (χ1n) is 7.16. The van der Waals surface area contributed by atoms with Crippen LogP contribution < -0.4 is 5.43 Å². The number of hydrogen-bond acceptors (Lipinski definition) is 6. The summed E-state index contributed by atoms with van der Waals surface area (Å²) in [5.74, 6) is -1.29. The van der Waals surface area contributed by atoms with E-state index >= 15 is 0 Å². The van der Waals surface area contributed by atoms with Crippen LogP contribution in [-0.4, -0.2) is 23.8 Å². The summed E-state index contributed by atoms with van der Waals surface area (Å²) in [6.07, 6.45) is -3.72. The van der Waals surface area contributed by atoms with Gasteiger partial charge in [0, 0.05) is 15.4 Å². The van der Waals surface area contributed by atoms with Crippen molar-refractivity contribution in [2.45, 2.75) is 19.5 Å². The highest BCUT2D eigenvalue weighted by Gasteiger charge is 2.34. The number of thiazole rings is 1. The van der Waals surface area contributed by atoms with E-state index in [-0.39, 0.29) is 18.6 Å². The highest BCUT2D eigenvalue weighted by Crippen LogP contribution is 2.36. The normalized spacial score (nSPS) is 11.8. The van der Waals surface area contributed by atoms with Crippen LogP contribution in [0.2, 0.25) is 0 Å². The zero-order valence-electron chi connectivity index (χ0n) is 13.2. The summed E-state index contributed by atoms with van der Waals surface area (Å²) in [5, 5.41) is 5.61. The van der Waals surface area contributed by atoms with Crippen LogP contribution in [0.1, 0.15) is 23.7 Å². The summed E-state index contributed by atoms with van der Waals surface area (Å²) in [6.45, 7) is 1.95. The predicted octanol–water partition coefficient (Wildman–Crippen LogP) is 4.62. The Balaban J connectivity index is 2.10. The van der Waals surface area contributed by atoms with Crippen molar-refractivity contribution in [3.63, 3.8) is 0 Å². The molecule has 0 bridgehead atoms. The molecular weight excluding hydrogens is 442 g/mol. The van der Waals surface area contributed by atoms with Crippen LogP contribution in [0.25, 0.3) is 0 Å². The number of carbonyl (C=O) groups is 1. The maximum atomic E-state index is 13.8. The third kappa shape index (κ3) is 5.24. The molecule has 11 heteroatoms. The van der Waals surface area contributed by atoms with Gasteiger partial charge in [0.25, 0.3) is 0 Å². The molecule has 0 amide bonds. The topological polar surface area (TPSA) is 63.6 Å². The van der Waals surface area contributed by atoms with Crippen molar-refractivity contribution in [3.05, 3.63) is 44.6 Å². The van der Waals surface area contributed by atoms with E-state index in [1.54, 1.807) is 12.3 Å². The van der Waals surface area contributed by atoms with E-state index in [0.717, 1.165) is 23.6 Å². The lowest BCUT2D eigenvalue weighted by Gasteiger charge is -2.11. The number of esters is 1. The second-order valence-corrected chi connectivity index (χ2v) is 6.47. The van der Waals surface area contributed by atoms with Gasteiger partial charge in [-0.25, -0.2) is 9.37 Å². The van der Waals surface area contributed by atoms with Gasteiger partial charge in [-0.05, 0) is 35.0 Å². The standard InChI is InChI=1S/C15H12BrF4N3O2S/c1-2-25-12(24)5-8-7-26-14(22-8)23-21-6-9-11(17)4-3-10(13(9)16)15(18,19)20/h3-4,6-7H,2,5H2,1H3,(H,22,23). The Hall–Kier alpha value is -2.01. The second-order valence-electron chi connectivity index (χ2n) is 4.82. The predicted molar refractivity (Wildman–Crippen MR) is 92.8 cm³/mol. The maximum Gasteiger partial charge on any atom is 0.417 e. The molecule has 0 saturated heterocycles. The zero-order chi connectivity index (χ0) is 19.3. The molecule has 0 fully saturated rings. The highest BCUT2D eigenvalue weighted by atomic mass is 79.9. The van der Waals surface area contributed by atoms with Crippen LogP contribution in [0.5, 0.6) is 0 Å². The fourth-order valence-electron chi connectivity index (χ4n) is 1.86. The third-order valence-corrected chi connectivity index (χ3v) is 4.62. The van der Waals surface area contributed by atoms with E-state index in [1.165, 1.54) is 0 Å². The summed E-state index contributed by atoms with van der Waals surface area (Å²) < 4.78 is 56.7. The van der Waals surface area contributed by atoms with E-state index in [9.17, 15) is 22.4 Å². The van der Waals surface area contributed by atoms with Crippen molar-refractivity contribution in [1.82, 2.24) is 4.98 Å². The molecule has 2 rings (SSSR count). The van der Waals surface area contributed by atoms with Gasteiger partial charge in [0.1, 0.15) is 5.82 Å². The fraction of sp³-hybridized carbons (Fsp3) is 0.267. The van der Waals surface area contributed by atoms with Gasteiger partial charge < -0.3 is 4.74 Å². The number of nitrogens with one attached hydrogen (secondary N) is 1. The number of hydrogen-bond donors (Lipinski definition) is 1. The Labute approximate surface area is 158 Å². The van der Waals surface area contributed by atoms with Gasteiger partial charge in [-0.1, -0.05) is 0 Å². The van der Waals surface area contributed by atoms with Crippen molar-refractivity contribution in [1.29, 1.82) is 0 Å². The molecule has 1 heterocycles. The lowest BCUT2D eigenvalue weighted by molar-refractivity contribution is -0.142. The van der Waals surface area contributed by atoms with Crippen LogP contribution >= 0.6 is 27.3 Å². The van der Waals surface area contributed by atoms with E-state index < -0.39 is 28.0 Å². The number of ether oxygens (including phenoxy) is 1. The molecule has 0 radical (unpaired) electrons. The van der Waals surface area contributed by atoms with Gasteiger partial charge in [-0.3, -0.25) is 10.2 Å². The van der Waals surface area contributed by atoms with Crippen molar-refractivity contribution in [2.75, 3.05) is 12.0 Å². The molecule has 2 aromatic rings. The van der Waals surface area contributed by atoms with Gasteiger partial charge in [-0.15, -0.1) is 11.3 Å². The molecule has 0 aliphatic carbocycles. The average Bonchev–Trinajstić information content (AvgIpc) is 2.96. The minimum Gasteiger partial charge on any atom is -0.466 e. The van der Waals surface area contributed by atoms with E-state index in [1.807, 2.05) is 0 Å². The van der Waals surface area contributed by atoms with Gasteiger partial charge in [-0.2, -0.15) is 18.3 Å². The first kappa shape index (κ1) is 20.3. The van der Waals surface area contributed by atoms with Crippen LogP contribution in [0.3, 0.4) is 0 Å². The molecule has 1 aromatic carbocycles. The SMILES string of the molecule is CCOC(=O)Cc1csc(NN=Cc2c(F)ccc(C(F)(F)F)c2Br)n1. The summed E-state index contributed by atoms with van der Waals surface area (Å²) in [4.78, 5) is 15.4. The first-order chi connectivity index (χ1) is 12.2.